The Hall–Kier alpha value is -3.15. The molecule has 1 unspecified atom stereocenters. The summed E-state index contributed by atoms with van der Waals surface area (Å²) in [7, 11) is 0. The lowest BCUT2D eigenvalue weighted by atomic mass is 10.1. The Kier molecular flexibility index (Phi) is 6.40. The van der Waals surface area contributed by atoms with Gasteiger partial charge in [-0.15, -0.1) is 21.5 Å². The van der Waals surface area contributed by atoms with Gasteiger partial charge in [0, 0.05) is 42.8 Å². The minimum absolute atomic E-state index is 0.186. The highest BCUT2D eigenvalue weighted by molar-refractivity contribution is 7.17. The van der Waals surface area contributed by atoms with Crippen molar-refractivity contribution in [2.24, 2.45) is 0 Å². The van der Waals surface area contributed by atoms with Gasteiger partial charge in [0.25, 0.3) is 5.91 Å². The SMILES string of the molecule is CC(C)Nc1cc(Nc2ccc3ncsc3c2)ncc1-c1nnc(C(=O)N2CCCC(O)C2)s1. The molecule has 1 aliphatic rings. The van der Waals surface area contributed by atoms with E-state index in [-0.39, 0.29) is 11.9 Å². The number of amides is 1. The number of nitrogens with zero attached hydrogens (tertiary/aromatic N) is 5. The summed E-state index contributed by atoms with van der Waals surface area (Å²) in [6.07, 6.45) is 2.78. The van der Waals surface area contributed by atoms with Gasteiger partial charge in [0.1, 0.15) is 5.82 Å². The topological polar surface area (TPSA) is 116 Å². The molecule has 0 spiro atoms. The van der Waals surface area contributed by atoms with E-state index in [9.17, 15) is 9.90 Å². The normalized spacial score (nSPS) is 16.2. The summed E-state index contributed by atoms with van der Waals surface area (Å²) in [6, 6.07) is 8.14. The average Bonchev–Trinajstić information content (AvgIpc) is 3.48. The molecule has 3 aromatic heterocycles. The zero-order valence-electron chi connectivity index (χ0n) is 18.9. The minimum Gasteiger partial charge on any atom is -0.391 e. The second-order valence-electron chi connectivity index (χ2n) is 8.53. The molecule has 1 saturated heterocycles. The molecule has 11 heteroatoms. The molecule has 9 nitrogen and oxygen atoms in total. The lowest BCUT2D eigenvalue weighted by molar-refractivity contribution is 0.0473. The van der Waals surface area contributed by atoms with Gasteiger partial charge in [-0.3, -0.25) is 4.79 Å². The van der Waals surface area contributed by atoms with Crippen LogP contribution in [0.3, 0.4) is 0 Å². The Morgan fingerprint density at radius 1 is 1.24 bits per heavy atom. The number of aliphatic hydroxyl groups excluding tert-OH is 1. The molecule has 0 bridgehead atoms. The second-order valence-corrected chi connectivity index (χ2v) is 10.4. The Bertz CT molecular complexity index is 1320. The van der Waals surface area contributed by atoms with Crippen LogP contribution in [-0.2, 0) is 0 Å². The minimum atomic E-state index is -0.479. The molecule has 3 N–H and O–H groups in total. The molecule has 1 atom stereocenters. The number of aromatic nitrogens is 4. The number of pyridine rings is 1. The van der Waals surface area contributed by atoms with Gasteiger partial charge in [-0.25, -0.2) is 9.97 Å². The second kappa shape index (κ2) is 9.61. The predicted molar refractivity (Wildman–Crippen MR) is 136 cm³/mol. The number of β-amino-alcohol motifs (C(OH)–C–C–N with tert-alkyl or cyclic N) is 1. The van der Waals surface area contributed by atoms with Crippen LogP contribution >= 0.6 is 22.7 Å². The number of hydrogen-bond acceptors (Lipinski definition) is 10. The van der Waals surface area contributed by atoms with E-state index < -0.39 is 6.10 Å². The molecule has 4 heterocycles. The van der Waals surface area contributed by atoms with Crippen LogP contribution in [0.25, 0.3) is 20.8 Å². The van der Waals surface area contributed by atoms with Crippen LogP contribution in [0.1, 0.15) is 36.5 Å². The third-order valence-electron chi connectivity index (χ3n) is 5.47. The van der Waals surface area contributed by atoms with Gasteiger partial charge in [-0.1, -0.05) is 11.3 Å². The quantitative estimate of drug-likeness (QED) is 0.361. The van der Waals surface area contributed by atoms with Crippen molar-refractivity contribution < 1.29 is 9.90 Å². The molecule has 34 heavy (non-hydrogen) atoms. The van der Waals surface area contributed by atoms with Gasteiger partial charge in [0.15, 0.2) is 5.01 Å². The highest BCUT2D eigenvalue weighted by atomic mass is 32.1. The Labute approximate surface area is 204 Å². The maximum absolute atomic E-state index is 12.9. The van der Waals surface area contributed by atoms with Gasteiger partial charge in [-0.2, -0.15) is 0 Å². The summed E-state index contributed by atoms with van der Waals surface area (Å²) in [5.41, 5.74) is 5.38. The number of piperidine rings is 1. The van der Waals surface area contributed by atoms with E-state index in [2.05, 4.69) is 50.7 Å². The van der Waals surface area contributed by atoms with Crippen LogP contribution in [-0.4, -0.2) is 61.3 Å². The molecular weight excluding hydrogens is 470 g/mol. The summed E-state index contributed by atoms with van der Waals surface area (Å²) in [5, 5.41) is 26.1. The molecule has 1 aromatic carbocycles. The van der Waals surface area contributed by atoms with Crippen LogP contribution in [0.2, 0.25) is 0 Å². The van der Waals surface area contributed by atoms with E-state index >= 15 is 0 Å². The predicted octanol–water partition coefficient (Wildman–Crippen LogP) is 4.37. The van der Waals surface area contributed by atoms with E-state index in [1.54, 1.807) is 22.4 Å². The summed E-state index contributed by atoms with van der Waals surface area (Å²) in [5.74, 6) is 0.504. The smallest absolute Gasteiger partial charge is 0.284 e. The number of aliphatic hydroxyl groups is 1. The highest BCUT2D eigenvalue weighted by Gasteiger charge is 2.26. The maximum atomic E-state index is 12.9. The number of carbonyl (C=O) groups is 1. The van der Waals surface area contributed by atoms with Crippen molar-refractivity contribution >= 4 is 56.0 Å². The number of benzene rings is 1. The fourth-order valence-electron chi connectivity index (χ4n) is 3.90. The number of carbonyl (C=O) groups excluding carboxylic acids is 1. The molecule has 0 aliphatic carbocycles. The zero-order valence-corrected chi connectivity index (χ0v) is 20.5. The first-order chi connectivity index (χ1) is 16.5. The molecule has 176 valence electrons. The van der Waals surface area contributed by atoms with Crippen molar-refractivity contribution in [3.63, 3.8) is 0 Å². The molecule has 1 amide bonds. The van der Waals surface area contributed by atoms with E-state index in [1.165, 1.54) is 11.3 Å². The summed E-state index contributed by atoms with van der Waals surface area (Å²) in [6.45, 7) is 5.08. The Morgan fingerprint density at radius 3 is 2.94 bits per heavy atom. The molecule has 0 saturated carbocycles. The molecule has 1 aliphatic heterocycles. The number of rotatable bonds is 6. The third-order valence-corrected chi connectivity index (χ3v) is 7.21. The van der Waals surface area contributed by atoms with Crippen LogP contribution in [0.5, 0.6) is 0 Å². The Morgan fingerprint density at radius 2 is 2.12 bits per heavy atom. The molecule has 0 radical (unpaired) electrons. The summed E-state index contributed by atoms with van der Waals surface area (Å²) >= 11 is 2.84. The monoisotopic (exact) mass is 495 g/mol. The standard InChI is InChI=1S/C23H25N7O2S2/c1-13(2)26-18-9-20(27-14-5-6-17-19(8-14)33-12-25-17)24-10-16(18)21-28-29-22(34-21)23(32)30-7-3-4-15(31)11-30/h5-6,8-10,12-13,15,31H,3-4,7,11H2,1-2H3,(H2,24,26,27). The highest BCUT2D eigenvalue weighted by Crippen LogP contribution is 2.33. The molecule has 1 fully saturated rings. The van der Waals surface area contributed by atoms with Crippen molar-refractivity contribution in [3.8, 4) is 10.6 Å². The van der Waals surface area contributed by atoms with Crippen LogP contribution in [0.4, 0.5) is 17.2 Å². The summed E-state index contributed by atoms with van der Waals surface area (Å²) in [4.78, 5) is 23.4. The maximum Gasteiger partial charge on any atom is 0.284 e. The van der Waals surface area contributed by atoms with E-state index in [4.69, 9.17) is 0 Å². The van der Waals surface area contributed by atoms with Gasteiger partial charge >= 0.3 is 0 Å². The zero-order chi connectivity index (χ0) is 23.7. The van der Waals surface area contributed by atoms with Gasteiger partial charge in [-0.05, 0) is 44.9 Å². The lowest BCUT2D eigenvalue weighted by Gasteiger charge is -2.29. The fraction of sp³-hybridized carbons (Fsp3) is 0.348. The first-order valence-electron chi connectivity index (χ1n) is 11.1. The van der Waals surface area contributed by atoms with E-state index in [1.807, 2.05) is 23.7 Å². The fourth-order valence-corrected chi connectivity index (χ4v) is 5.45. The third kappa shape index (κ3) is 4.86. The number of nitrogens with one attached hydrogen (secondary N) is 2. The van der Waals surface area contributed by atoms with Crippen molar-refractivity contribution in [2.45, 2.75) is 38.8 Å². The van der Waals surface area contributed by atoms with Crippen molar-refractivity contribution in [2.75, 3.05) is 23.7 Å². The van der Waals surface area contributed by atoms with E-state index in [0.717, 1.165) is 40.0 Å². The first kappa shape index (κ1) is 22.6. The number of fused-ring (bicyclic) bond motifs is 1. The largest absolute Gasteiger partial charge is 0.391 e. The number of likely N-dealkylation sites (tertiary alicyclic amines) is 1. The average molecular weight is 496 g/mol. The van der Waals surface area contributed by atoms with Crippen LogP contribution in [0.15, 0.2) is 36.0 Å². The lowest BCUT2D eigenvalue weighted by Crippen LogP contribution is -2.42. The molecule has 4 aromatic rings. The van der Waals surface area contributed by atoms with Crippen LogP contribution < -0.4 is 10.6 Å². The van der Waals surface area contributed by atoms with Crippen molar-refractivity contribution in [1.82, 2.24) is 25.1 Å². The first-order valence-corrected chi connectivity index (χ1v) is 12.8. The van der Waals surface area contributed by atoms with Gasteiger partial charge in [0.2, 0.25) is 5.01 Å². The van der Waals surface area contributed by atoms with Crippen molar-refractivity contribution in [1.29, 1.82) is 0 Å². The molecular formula is C23H25N7O2S2. The van der Waals surface area contributed by atoms with E-state index in [0.29, 0.717) is 28.9 Å². The van der Waals surface area contributed by atoms with Crippen molar-refractivity contribution in [3.05, 3.63) is 41.0 Å². The van der Waals surface area contributed by atoms with Gasteiger partial charge in [0.05, 0.1) is 27.4 Å². The Balaban J connectivity index is 1.40. The number of thiazole rings is 1. The van der Waals surface area contributed by atoms with Crippen LogP contribution in [0, 0.1) is 0 Å². The number of hydrogen-bond donors (Lipinski definition) is 3. The number of anilines is 3. The van der Waals surface area contributed by atoms with Gasteiger partial charge < -0.3 is 20.6 Å². The molecule has 5 rings (SSSR count). The summed E-state index contributed by atoms with van der Waals surface area (Å²) < 4.78 is 1.11.